The summed E-state index contributed by atoms with van der Waals surface area (Å²) in [5, 5.41) is 14.9. The van der Waals surface area contributed by atoms with E-state index < -0.39 is 16.3 Å². The average Bonchev–Trinajstić information content (AvgIpc) is 1.62. The zero-order valence-corrected chi connectivity index (χ0v) is 6.89. The van der Waals surface area contributed by atoms with Gasteiger partial charge in [0.2, 0.25) is 0 Å². The van der Waals surface area contributed by atoms with E-state index in [0.717, 1.165) is 0 Å². The predicted molar refractivity (Wildman–Crippen MR) is 39.4 cm³/mol. The summed E-state index contributed by atoms with van der Waals surface area (Å²) in [5.41, 5.74) is 7.57. The van der Waals surface area contributed by atoms with Crippen molar-refractivity contribution < 1.29 is 10.2 Å². The van der Waals surface area contributed by atoms with Crippen LogP contribution in [0.25, 0.3) is 0 Å². The fourth-order valence-corrected chi connectivity index (χ4v) is 0.501. The average molecular weight is 189 g/mol. The molecule has 0 aromatic heterocycles. The molecular formula is C4H10Cl2N2O2. The number of hydrogen-bond acceptors (Lipinski definition) is 4. The third kappa shape index (κ3) is 1.95. The molecule has 4 nitrogen and oxygen atoms in total. The fourth-order valence-electron chi connectivity index (χ4n) is 0.175. The van der Waals surface area contributed by atoms with Crippen LogP contribution in [0.4, 0.5) is 0 Å². The van der Waals surface area contributed by atoms with E-state index in [0.29, 0.717) is 0 Å². The van der Waals surface area contributed by atoms with Crippen LogP contribution in [0.1, 0.15) is 6.92 Å². The molecule has 2 atom stereocenters. The Hall–Kier alpha value is 0.420. The smallest absolute Gasteiger partial charge is 0.264 e. The van der Waals surface area contributed by atoms with E-state index in [2.05, 4.69) is 0 Å². The molecule has 2 unspecified atom stereocenters. The molecule has 0 aromatic carbocycles. The van der Waals surface area contributed by atoms with Crippen LogP contribution in [-0.4, -0.2) is 26.5 Å². The maximum atomic E-state index is 8.75. The third-order valence-corrected chi connectivity index (χ3v) is 2.12. The SMILES string of the molecule is CC(N)(C(N)Cl)C(O)(O)Cl. The lowest BCUT2D eigenvalue weighted by molar-refractivity contribution is -0.134. The van der Waals surface area contributed by atoms with Crippen LogP contribution in [-0.2, 0) is 0 Å². The van der Waals surface area contributed by atoms with Gasteiger partial charge in [0.25, 0.3) is 5.25 Å². The highest BCUT2D eigenvalue weighted by Gasteiger charge is 2.45. The molecule has 0 spiro atoms. The molecule has 0 saturated carbocycles. The Morgan fingerprint density at radius 3 is 1.80 bits per heavy atom. The second-order valence-corrected chi connectivity index (χ2v) is 3.27. The van der Waals surface area contributed by atoms with E-state index in [1.165, 1.54) is 6.92 Å². The van der Waals surface area contributed by atoms with Crippen molar-refractivity contribution in [1.82, 2.24) is 0 Å². The lowest BCUT2D eigenvalue weighted by Crippen LogP contribution is -2.63. The van der Waals surface area contributed by atoms with Gasteiger partial charge in [-0.1, -0.05) is 11.6 Å². The van der Waals surface area contributed by atoms with Crippen molar-refractivity contribution in [2.75, 3.05) is 0 Å². The van der Waals surface area contributed by atoms with Crippen LogP contribution in [0.2, 0.25) is 0 Å². The Morgan fingerprint density at radius 1 is 1.50 bits per heavy atom. The van der Waals surface area contributed by atoms with Gasteiger partial charge in [-0.25, -0.2) is 0 Å². The number of halogens is 2. The minimum absolute atomic E-state index is 1.13. The molecule has 0 fully saturated rings. The van der Waals surface area contributed by atoms with Gasteiger partial charge in [-0.3, -0.25) is 0 Å². The Kier molecular flexibility index (Phi) is 2.93. The second kappa shape index (κ2) is 2.81. The first-order chi connectivity index (χ1) is 4.19. The molecule has 6 N–H and O–H groups in total. The monoisotopic (exact) mass is 188 g/mol. The summed E-state index contributed by atoms with van der Waals surface area (Å²) in [5.74, 6) is 0. The standard InChI is InChI=1S/C4H10Cl2N2O2/c1-3(8,2(5)7)4(6,9)10/h2,9-10H,7-8H2,1H3. The number of hydrogen-bond donors (Lipinski definition) is 4. The molecule has 0 bridgehead atoms. The van der Waals surface area contributed by atoms with Gasteiger partial charge < -0.3 is 21.7 Å². The highest BCUT2D eigenvalue weighted by molar-refractivity contribution is 6.25. The minimum Gasteiger partial charge on any atom is -0.352 e. The number of nitrogens with two attached hydrogens (primary N) is 2. The summed E-state index contributed by atoms with van der Waals surface area (Å²) in [4.78, 5) is 0. The van der Waals surface area contributed by atoms with Crippen LogP contribution >= 0.6 is 23.2 Å². The predicted octanol–water partition coefficient (Wildman–Crippen LogP) is -0.895. The molecule has 10 heavy (non-hydrogen) atoms. The van der Waals surface area contributed by atoms with Gasteiger partial charge in [0.05, 0.1) is 0 Å². The van der Waals surface area contributed by atoms with Crippen molar-refractivity contribution in [3.63, 3.8) is 0 Å². The van der Waals surface area contributed by atoms with E-state index >= 15 is 0 Å². The van der Waals surface area contributed by atoms with Gasteiger partial charge in [-0.15, -0.1) is 11.6 Å². The Balaban J connectivity index is 4.40. The lowest BCUT2D eigenvalue weighted by atomic mass is 10.0. The van der Waals surface area contributed by atoms with Crippen molar-refractivity contribution in [3.8, 4) is 0 Å². The maximum Gasteiger partial charge on any atom is 0.264 e. The Labute approximate surface area is 68.7 Å². The van der Waals surface area contributed by atoms with Crippen molar-refractivity contribution in [2.24, 2.45) is 11.5 Å². The van der Waals surface area contributed by atoms with Crippen molar-refractivity contribution in [2.45, 2.75) is 23.2 Å². The number of alkyl halides is 2. The summed E-state index contributed by atoms with van der Waals surface area (Å²) < 4.78 is 0. The van der Waals surface area contributed by atoms with E-state index in [-0.39, 0.29) is 0 Å². The molecule has 0 aromatic rings. The zero-order chi connectivity index (χ0) is 8.58. The van der Waals surface area contributed by atoms with Crippen molar-refractivity contribution in [1.29, 1.82) is 0 Å². The molecular weight excluding hydrogens is 179 g/mol. The summed E-state index contributed by atoms with van der Waals surface area (Å²) in [6.45, 7) is 1.23. The van der Waals surface area contributed by atoms with Crippen LogP contribution in [0.15, 0.2) is 0 Å². The molecule has 0 amide bonds. The first-order valence-electron chi connectivity index (χ1n) is 2.52. The molecule has 0 aliphatic carbocycles. The van der Waals surface area contributed by atoms with Crippen LogP contribution in [0, 0.1) is 0 Å². The van der Waals surface area contributed by atoms with Crippen LogP contribution in [0.5, 0.6) is 0 Å². The van der Waals surface area contributed by atoms with E-state index in [4.69, 9.17) is 44.9 Å². The largest absolute Gasteiger partial charge is 0.352 e. The molecule has 6 heteroatoms. The van der Waals surface area contributed by atoms with E-state index in [1.54, 1.807) is 0 Å². The van der Waals surface area contributed by atoms with Gasteiger partial charge in [-0.05, 0) is 6.92 Å². The second-order valence-electron chi connectivity index (χ2n) is 2.27. The van der Waals surface area contributed by atoms with Crippen molar-refractivity contribution in [3.05, 3.63) is 0 Å². The topological polar surface area (TPSA) is 92.5 Å². The Bertz CT molecular complexity index is 121. The molecule has 0 radical (unpaired) electrons. The zero-order valence-electron chi connectivity index (χ0n) is 5.38. The van der Waals surface area contributed by atoms with Gasteiger partial charge in [-0.2, -0.15) is 0 Å². The van der Waals surface area contributed by atoms with Crippen LogP contribution in [0.3, 0.4) is 0 Å². The quantitative estimate of drug-likeness (QED) is 0.257. The highest BCUT2D eigenvalue weighted by atomic mass is 35.5. The normalized spacial score (nSPS) is 21.9. The Morgan fingerprint density at radius 2 is 1.80 bits per heavy atom. The first kappa shape index (κ1) is 10.4. The van der Waals surface area contributed by atoms with Crippen LogP contribution < -0.4 is 11.5 Å². The lowest BCUT2D eigenvalue weighted by Gasteiger charge is -2.34. The molecule has 62 valence electrons. The molecule has 0 aliphatic heterocycles. The molecule has 0 heterocycles. The first-order valence-corrected chi connectivity index (χ1v) is 3.33. The van der Waals surface area contributed by atoms with E-state index in [9.17, 15) is 0 Å². The highest BCUT2D eigenvalue weighted by Crippen LogP contribution is 2.24. The molecule has 0 aliphatic rings. The van der Waals surface area contributed by atoms with Gasteiger partial charge >= 0.3 is 0 Å². The maximum absolute atomic E-state index is 8.75. The summed E-state index contributed by atoms with van der Waals surface area (Å²) in [6, 6.07) is 0. The van der Waals surface area contributed by atoms with Gasteiger partial charge in [0.1, 0.15) is 11.0 Å². The van der Waals surface area contributed by atoms with Gasteiger partial charge in [0.15, 0.2) is 0 Å². The number of aliphatic hydroxyl groups is 2. The van der Waals surface area contributed by atoms with Gasteiger partial charge in [0, 0.05) is 0 Å². The molecule has 0 rings (SSSR count). The minimum atomic E-state index is -2.59. The summed E-state index contributed by atoms with van der Waals surface area (Å²) in [6.07, 6.45) is 0. The third-order valence-electron chi connectivity index (χ3n) is 1.26. The summed E-state index contributed by atoms with van der Waals surface area (Å²) in [7, 11) is 0. The van der Waals surface area contributed by atoms with E-state index in [1.807, 2.05) is 0 Å². The summed E-state index contributed by atoms with van der Waals surface area (Å²) >= 11 is 10.3. The van der Waals surface area contributed by atoms with Crippen molar-refractivity contribution >= 4 is 23.2 Å². The number of rotatable bonds is 2. The molecule has 0 saturated heterocycles. The fraction of sp³-hybridized carbons (Fsp3) is 1.00.